The normalized spacial score (nSPS) is 31.3. The number of alkyl halides is 2. The molecule has 1 aliphatic carbocycles. The van der Waals surface area contributed by atoms with Crippen LogP contribution in [0.25, 0.3) is 0 Å². The summed E-state index contributed by atoms with van der Waals surface area (Å²) in [5, 5.41) is 0. The molecule has 0 N–H and O–H groups in total. The maximum atomic E-state index is 12.8. The molecule has 2 heterocycles. The fraction of sp³-hybridized carbons (Fsp3) is 0.929. The van der Waals surface area contributed by atoms with Gasteiger partial charge in [0, 0.05) is 51.0 Å². The smallest absolute Gasteiger partial charge is 0.252 e. The Morgan fingerprint density at radius 3 is 2.30 bits per heavy atom. The van der Waals surface area contributed by atoms with Gasteiger partial charge in [0.2, 0.25) is 5.91 Å². The van der Waals surface area contributed by atoms with Gasteiger partial charge in [0.05, 0.1) is 13.2 Å². The molecule has 0 aromatic carbocycles. The zero-order valence-electron chi connectivity index (χ0n) is 11.7. The molecular weight excluding hydrogens is 266 g/mol. The number of piperidine rings is 1. The average Bonchev–Trinajstić information content (AvgIpc) is 3.06. The van der Waals surface area contributed by atoms with Crippen molar-refractivity contribution >= 4 is 5.91 Å². The van der Waals surface area contributed by atoms with Crippen molar-refractivity contribution in [1.29, 1.82) is 0 Å². The molecule has 4 nitrogen and oxygen atoms in total. The molecule has 2 saturated heterocycles. The maximum absolute atomic E-state index is 12.8. The second-order valence-corrected chi connectivity index (χ2v) is 6.13. The lowest BCUT2D eigenvalue weighted by Crippen LogP contribution is -2.50. The number of hydrogen-bond acceptors (Lipinski definition) is 3. The van der Waals surface area contributed by atoms with E-state index in [-0.39, 0.29) is 18.7 Å². The molecule has 1 saturated carbocycles. The Hall–Kier alpha value is -0.750. The van der Waals surface area contributed by atoms with E-state index in [2.05, 4.69) is 4.90 Å². The third-order valence-electron chi connectivity index (χ3n) is 4.76. The van der Waals surface area contributed by atoms with E-state index >= 15 is 0 Å². The van der Waals surface area contributed by atoms with Crippen molar-refractivity contribution in [1.82, 2.24) is 9.80 Å². The highest BCUT2D eigenvalue weighted by Crippen LogP contribution is 2.50. The molecular formula is C14H22F2N2O2. The van der Waals surface area contributed by atoms with Crippen molar-refractivity contribution < 1.29 is 18.3 Å². The fourth-order valence-electron chi connectivity index (χ4n) is 3.25. The molecule has 3 fully saturated rings. The molecule has 6 heteroatoms. The van der Waals surface area contributed by atoms with Crippen LogP contribution in [0.15, 0.2) is 0 Å². The van der Waals surface area contributed by atoms with Crippen LogP contribution in [0.4, 0.5) is 8.78 Å². The number of halogens is 2. The summed E-state index contributed by atoms with van der Waals surface area (Å²) >= 11 is 0. The third kappa shape index (κ3) is 3.11. The van der Waals surface area contributed by atoms with E-state index in [9.17, 15) is 13.6 Å². The summed E-state index contributed by atoms with van der Waals surface area (Å²) in [7, 11) is 0. The Kier molecular flexibility index (Phi) is 3.95. The van der Waals surface area contributed by atoms with Crippen LogP contribution in [0, 0.1) is 5.92 Å². The number of rotatable bonds is 3. The molecule has 114 valence electrons. The fourth-order valence-corrected chi connectivity index (χ4v) is 3.25. The molecule has 1 unspecified atom stereocenters. The Bertz CT molecular complexity index is 364. The number of carbonyl (C=O) groups is 1. The number of carbonyl (C=O) groups excluding carboxylic acids is 1. The molecule has 20 heavy (non-hydrogen) atoms. The molecule has 2 aliphatic heterocycles. The topological polar surface area (TPSA) is 32.8 Å². The largest absolute Gasteiger partial charge is 0.379 e. The highest BCUT2D eigenvalue weighted by Gasteiger charge is 2.57. The van der Waals surface area contributed by atoms with Gasteiger partial charge in [-0.1, -0.05) is 0 Å². The number of ether oxygens (including phenoxy) is 1. The van der Waals surface area contributed by atoms with Gasteiger partial charge in [-0.05, 0) is 12.8 Å². The number of amides is 1. The van der Waals surface area contributed by atoms with E-state index in [0.29, 0.717) is 19.1 Å². The van der Waals surface area contributed by atoms with Crippen LogP contribution in [0.1, 0.15) is 25.7 Å². The van der Waals surface area contributed by atoms with Crippen LogP contribution in [0.3, 0.4) is 0 Å². The lowest BCUT2D eigenvalue weighted by atomic mass is 10.0. The second-order valence-electron chi connectivity index (χ2n) is 6.13. The standard InChI is InChI=1S/C14H22F2N2O2/c15-14(16)10-11(14)9-13(19)18-3-1-12(2-4-18)17-5-7-20-8-6-17/h11-12H,1-10H2. The summed E-state index contributed by atoms with van der Waals surface area (Å²) in [6, 6.07) is 0.519. The summed E-state index contributed by atoms with van der Waals surface area (Å²) in [6.07, 6.45) is 1.82. The van der Waals surface area contributed by atoms with Crippen LogP contribution in [0.2, 0.25) is 0 Å². The van der Waals surface area contributed by atoms with Crippen molar-refractivity contribution in [2.75, 3.05) is 39.4 Å². The third-order valence-corrected chi connectivity index (χ3v) is 4.76. The summed E-state index contributed by atoms with van der Waals surface area (Å²) in [6.45, 7) is 4.92. The molecule has 0 aromatic rings. The Morgan fingerprint density at radius 1 is 1.15 bits per heavy atom. The van der Waals surface area contributed by atoms with Crippen molar-refractivity contribution in [3.8, 4) is 0 Å². The van der Waals surface area contributed by atoms with Gasteiger partial charge in [-0.25, -0.2) is 8.78 Å². The van der Waals surface area contributed by atoms with Crippen molar-refractivity contribution in [3.63, 3.8) is 0 Å². The molecule has 1 amide bonds. The molecule has 0 aromatic heterocycles. The first-order valence-corrected chi connectivity index (χ1v) is 7.53. The van der Waals surface area contributed by atoms with E-state index < -0.39 is 11.8 Å². The Labute approximate surface area is 118 Å². The first-order chi connectivity index (χ1) is 9.56. The highest BCUT2D eigenvalue weighted by atomic mass is 19.3. The summed E-state index contributed by atoms with van der Waals surface area (Å²) in [5.74, 6) is -3.37. The van der Waals surface area contributed by atoms with Crippen LogP contribution in [-0.2, 0) is 9.53 Å². The highest BCUT2D eigenvalue weighted by molar-refractivity contribution is 5.77. The predicted octanol–water partition coefficient (Wildman–Crippen LogP) is 1.35. The lowest BCUT2D eigenvalue weighted by molar-refractivity contribution is -0.134. The van der Waals surface area contributed by atoms with E-state index in [0.717, 1.165) is 39.1 Å². The summed E-state index contributed by atoms with van der Waals surface area (Å²) < 4.78 is 31.0. The van der Waals surface area contributed by atoms with Crippen LogP contribution in [-0.4, -0.2) is 67.1 Å². The molecule has 0 radical (unpaired) electrons. The molecule has 3 rings (SSSR count). The SMILES string of the molecule is O=C(CC1CC1(F)F)N1CCC(N2CCOCC2)CC1. The number of likely N-dealkylation sites (tertiary alicyclic amines) is 1. The molecule has 3 aliphatic rings. The van der Waals surface area contributed by atoms with Gasteiger partial charge in [-0.3, -0.25) is 9.69 Å². The summed E-state index contributed by atoms with van der Waals surface area (Å²) in [5.41, 5.74) is 0. The zero-order valence-corrected chi connectivity index (χ0v) is 11.7. The van der Waals surface area contributed by atoms with Gasteiger partial charge >= 0.3 is 0 Å². The van der Waals surface area contributed by atoms with Gasteiger partial charge in [-0.2, -0.15) is 0 Å². The quantitative estimate of drug-likeness (QED) is 0.786. The van der Waals surface area contributed by atoms with E-state index in [1.807, 2.05) is 0 Å². The summed E-state index contributed by atoms with van der Waals surface area (Å²) in [4.78, 5) is 16.2. The van der Waals surface area contributed by atoms with Gasteiger partial charge < -0.3 is 9.64 Å². The van der Waals surface area contributed by atoms with Crippen molar-refractivity contribution in [2.45, 2.75) is 37.6 Å². The minimum atomic E-state index is -2.58. The number of nitrogens with zero attached hydrogens (tertiary/aromatic N) is 2. The van der Waals surface area contributed by atoms with Crippen LogP contribution in [0.5, 0.6) is 0 Å². The van der Waals surface area contributed by atoms with Crippen molar-refractivity contribution in [2.24, 2.45) is 5.92 Å². The van der Waals surface area contributed by atoms with E-state index in [4.69, 9.17) is 4.74 Å². The second kappa shape index (κ2) is 5.56. The first kappa shape index (κ1) is 14.2. The predicted molar refractivity (Wildman–Crippen MR) is 69.7 cm³/mol. The Morgan fingerprint density at radius 2 is 1.75 bits per heavy atom. The maximum Gasteiger partial charge on any atom is 0.252 e. The van der Waals surface area contributed by atoms with Crippen molar-refractivity contribution in [3.05, 3.63) is 0 Å². The van der Waals surface area contributed by atoms with Gasteiger partial charge in [0.25, 0.3) is 5.92 Å². The van der Waals surface area contributed by atoms with Gasteiger partial charge in [0.1, 0.15) is 0 Å². The minimum absolute atomic E-state index is 0.0230. The monoisotopic (exact) mass is 288 g/mol. The molecule has 1 atom stereocenters. The van der Waals surface area contributed by atoms with Crippen LogP contribution < -0.4 is 0 Å². The van der Waals surface area contributed by atoms with Gasteiger partial charge in [-0.15, -0.1) is 0 Å². The van der Waals surface area contributed by atoms with E-state index in [1.165, 1.54) is 0 Å². The molecule has 0 bridgehead atoms. The minimum Gasteiger partial charge on any atom is -0.379 e. The van der Waals surface area contributed by atoms with Gasteiger partial charge in [0.15, 0.2) is 0 Å². The molecule has 0 spiro atoms. The first-order valence-electron chi connectivity index (χ1n) is 7.53. The lowest BCUT2D eigenvalue weighted by Gasteiger charge is -2.40. The average molecular weight is 288 g/mol. The van der Waals surface area contributed by atoms with E-state index in [1.54, 1.807) is 4.90 Å². The Balaban J connectivity index is 1.42. The number of morpholine rings is 1. The zero-order chi connectivity index (χ0) is 14.2. The number of hydrogen-bond donors (Lipinski definition) is 0. The van der Waals surface area contributed by atoms with Crippen LogP contribution >= 0.6 is 0 Å².